The Kier molecular flexibility index (Phi) is 5.49. The molecule has 3 nitrogen and oxygen atoms in total. The Morgan fingerprint density at radius 3 is 2.30 bits per heavy atom. The molecule has 0 aliphatic carbocycles. The van der Waals surface area contributed by atoms with Gasteiger partial charge >= 0.3 is 0 Å². The van der Waals surface area contributed by atoms with E-state index in [-0.39, 0.29) is 6.23 Å². The van der Waals surface area contributed by atoms with Crippen molar-refractivity contribution in [2.75, 3.05) is 0 Å². The van der Waals surface area contributed by atoms with Crippen molar-refractivity contribution in [2.24, 2.45) is 11.8 Å². The fourth-order valence-electron chi connectivity index (χ4n) is 4.38. The average Bonchev–Trinajstić information content (AvgIpc) is 2.77. The third kappa shape index (κ3) is 3.37. The van der Waals surface area contributed by atoms with Gasteiger partial charge in [-0.05, 0) is 64.7 Å². The lowest BCUT2D eigenvalue weighted by Crippen LogP contribution is -2.49. The van der Waals surface area contributed by atoms with Gasteiger partial charge in [-0.15, -0.1) is 0 Å². The second kappa shape index (κ2) is 6.76. The van der Waals surface area contributed by atoms with Crippen LogP contribution in [-0.4, -0.2) is 40.5 Å². The van der Waals surface area contributed by atoms with Crippen molar-refractivity contribution in [3.8, 4) is 0 Å². The molecule has 2 fully saturated rings. The highest BCUT2D eigenvalue weighted by Gasteiger charge is 2.40. The smallest absolute Gasteiger partial charge is 0.110 e. The largest absolute Gasteiger partial charge is 0.378 e. The van der Waals surface area contributed by atoms with Crippen LogP contribution in [0.1, 0.15) is 66.7 Å². The Labute approximate surface area is 124 Å². The summed E-state index contributed by atoms with van der Waals surface area (Å²) in [7, 11) is 0. The van der Waals surface area contributed by atoms with E-state index in [0.29, 0.717) is 36.1 Å². The van der Waals surface area contributed by atoms with E-state index in [4.69, 9.17) is 4.74 Å². The van der Waals surface area contributed by atoms with E-state index in [1.165, 1.54) is 12.8 Å². The van der Waals surface area contributed by atoms with Crippen molar-refractivity contribution < 1.29 is 9.84 Å². The Hall–Kier alpha value is -0.120. The molecule has 2 aliphatic rings. The molecule has 6 atom stereocenters. The minimum atomic E-state index is -0.292. The topological polar surface area (TPSA) is 32.7 Å². The second-order valence-electron chi connectivity index (χ2n) is 7.20. The number of hydrogen-bond donors (Lipinski definition) is 1. The van der Waals surface area contributed by atoms with E-state index in [1.807, 2.05) is 0 Å². The Bertz CT molecular complexity index is 299. The van der Waals surface area contributed by atoms with Crippen LogP contribution in [-0.2, 0) is 4.74 Å². The number of rotatable bonds is 4. The Morgan fingerprint density at radius 2 is 1.75 bits per heavy atom. The molecule has 0 aromatic rings. The van der Waals surface area contributed by atoms with Crippen molar-refractivity contribution >= 4 is 0 Å². The molecule has 2 aliphatic heterocycles. The molecule has 2 rings (SSSR count). The van der Waals surface area contributed by atoms with Gasteiger partial charge in [-0.1, -0.05) is 13.8 Å². The van der Waals surface area contributed by atoms with E-state index in [9.17, 15) is 5.11 Å². The van der Waals surface area contributed by atoms with Crippen molar-refractivity contribution in [3.05, 3.63) is 0 Å². The van der Waals surface area contributed by atoms with Crippen LogP contribution >= 0.6 is 0 Å². The molecule has 5 unspecified atom stereocenters. The van der Waals surface area contributed by atoms with Gasteiger partial charge in [-0.3, -0.25) is 4.90 Å². The van der Waals surface area contributed by atoms with Crippen molar-refractivity contribution in [1.29, 1.82) is 0 Å². The molecule has 0 saturated carbocycles. The number of nitrogens with zero attached hydrogens (tertiary/aromatic N) is 1. The van der Waals surface area contributed by atoms with Gasteiger partial charge in [0.05, 0.1) is 12.2 Å². The molecule has 0 aromatic heterocycles. The maximum absolute atomic E-state index is 10.9. The van der Waals surface area contributed by atoms with E-state index in [0.717, 1.165) is 19.3 Å². The minimum Gasteiger partial charge on any atom is -0.378 e. The molecule has 0 radical (unpaired) electrons. The second-order valence-corrected chi connectivity index (χ2v) is 7.20. The molecule has 2 saturated heterocycles. The lowest BCUT2D eigenvalue weighted by Gasteiger charge is -2.42. The summed E-state index contributed by atoms with van der Waals surface area (Å²) in [5, 5.41) is 10.9. The van der Waals surface area contributed by atoms with Crippen LogP contribution in [0.4, 0.5) is 0 Å². The first-order chi connectivity index (χ1) is 9.43. The highest BCUT2D eigenvalue weighted by molar-refractivity contribution is 4.89. The van der Waals surface area contributed by atoms with Gasteiger partial charge in [-0.25, -0.2) is 0 Å². The summed E-state index contributed by atoms with van der Waals surface area (Å²) in [6.07, 6.45) is 6.15. The Morgan fingerprint density at radius 1 is 1.15 bits per heavy atom. The molecule has 0 spiro atoms. The van der Waals surface area contributed by atoms with Gasteiger partial charge < -0.3 is 9.84 Å². The fourth-order valence-corrected chi connectivity index (χ4v) is 4.38. The molecule has 0 bridgehead atoms. The number of ether oxygens (including phenoxy) is 1. The van der Waals surface area contributed by atoms with E-state index in [2.05, 4.69) is 39.5 Å². The monoisotopic (exact) mass is 283 g/mol. The lowest BCUT2D eigenvalue weighted by atomic mass is 9.81. The normalized spacial score (nSPS) is 42.6. The predicted molar refractivity (Wildman–Crippen MR) is 82.5 cm³/mol. The molecular formula is C17H33NO2. The molecule has 20 heavy (non-hydrogen) atoms. The van der Waals surface area contributed by atoms with Gasteiger partial charge in [-0.2, -0.15) is 0 Å². The van der Waals surface area contributed by atoms with Crippen LogP contribution in [0.3, 0.4) is 0 Å². The number of aliphatic hydroxyl groups is 1. The Balaban J connectivity index is 2.01. The summed E-state index contributed by atoms with van der Waals surface area (Å²) in [5.41, 5.74) is 0. The van der Waals surface area contributed by atoms with Crippen LogP contribution < -0.4 is 0 Å². The predicted octanol–water partition coefficient (Wildman–Crippen LogP) is 3.41. The maximum Gasteiger partial charge on any atom is 0.110 e. The molecule has 2 heterocycles. The number of likely N-dealkylation sites (tertiary alicyclic amines) is 1. The highest BCUT2D eigenvalue weighted by atomic mass is 16.5. The van der Waals surface area contributed by atoms with E-state index in [1.54, 1.807) is 0 Å². The SMILES string of the molecule is CCC1CC[C@@H](C)N1C(O)C(C)C1CC(C)OC(C)C1. The summed E-state index contributed by atoms with van der Waals surface area (Å²) < 4.78 is 5.84. The summed E-state index contributed by atoms with van der Waals surface area (Å²) in [4.78, 5) is 2.38. The van der Waals surface area contributed by atoms with Gasteiger partial charge in [0.25, 0.3) is 0 Å². The summed E-state index contributed by atoms with van der Waals surface area (Å²) in [6, 6.07) is 1.09. The van der Waals surface area contributed by atoms with Crippen molar-refractivity contribution in [1.82, 2.24) is 4.90 Å². The number of aliphatic hydroxyl groups excluding tert-OH is 1. The van der Waals surface area contributed by atoms with Crippen LogP contribution in [0, 0.1) is 11.8 Å². The average molecular weight is 283 g/mol. The van der Waals surface area contributed by atoms with Gasteiger partial charge in [0.15, 0.2) is 0 Å². The lowest BCUT2D eigenvalue weighted by molar-refractivity contribution is -0.113. The number of hydrogen-bond acceptors (Lipinski definition) is 3. The maximum atomic E-state index is 10.9. The molecule has 0 amide bonds. The highest BCUT2D eigenvalue weighted by Crippen LogP contribution is 2.36. The molecule has 3 heteroatoms. The van der Waals surface area contributed by atoms with E-state index >= 15 is 0 Å². The zero-order valence-electron chi connectivity index (χ0n) is 13.9. The minimum absolute atomic E-state index is 0.292. The van der Waals surface area contributed by atoms with Crippen LogP contribution in [0.2, 0.25) is 0 Å². The summed E-state index contributed by atoms with van der Waals surface area (Å²) >= 11 is 0. The zero-order valence-corrected chi connectivity index (χ0v) is 13.9. The molecule has 1 N–H and O–H groups in total. The van der Waals surface area contributed by atoms with E-state index < -0.39 is 0 Å². The van der Waals surface area contributed by atoms with Crippen molar-refractivity contribution in [3.63, 3.8) is 0 Å². The third-order valence-electron chi connectivity index (χ3n) is 5.57. The molecular weight excluding hydrogens is 250 g/mol. The van der Waals surface area contributed by atoms with Crippen LogP contribution in [0.5, 0.6) is 0 Å². The van der Waals surface area contributed by atoms with Crippen LogP contribution in [0.15, 0.2) is 0 Å². The van der Waals surface area contributed by atoms with Crippen molar-refractivity contribution in [2.45, 2.75) is 97.2 Å². The summed E-state index contributed by atoms with van der Waals surface area (Å²) in [6.45, 7) is 11.1. The quantitative estimate of drug-likeness (QED) is 0.858. The molecule has 118 valence electrons. The first-order valence-corrected chi connectivity index (χ1v) is 8.55. The first kappa shape index (κ1) is 16.3. The van der Waals surface area contributed by atoms with Crippen LogP contribution in [0.25, 0.3) is 0 Å². The van der Waals surface area contributed by atoms with Gasteiger partial charge in [0.1, 0.15) is 6.23 Å². The summed E-state index contributed by atoms with van der Waals surface area (Å²) in [5.74, 6) is 0.910. The zero-order chi connectivity index (χ0) is 14.9. The standard InChI is InChI=1S/C17H33NO2/c1-6-16-8-7-11(2)18(16)17(19)14(5)15-9-12(3)20-13(4)10-15/h11-17,19H,6-10H2,1-5H3/t11-,12?,13?,14?,15?,16?,17?/m1/s1. The fraction of sp³-hybridized carbons (Fsp3) is 1.00. The third-order valence-corrected chi connectivity index (χ3v) is 5.57. The van der Waals surface area contributed by atoms with Gasteiger partial charge in [0.2, 0.25) is 0 Å². The van der Waals surface area contributed by atoms with Gasteiger partial charge in [0, 0.05) is 12.1 Å². The molecule has 0 aromatic carbocycles. The first-order valence-electron chi connectivity index (χ1n) is 8.55.